The first-order chi connectivity index (χ1) is 8.06. The second-order valence-electron chi connectivity index (χ2n) is 4.28. The predicted molar refractivity (Wildman–Crippen MR) is 64.1 cm³/mol. The maximum absolute atomic E-state index is 11.7. The molecule has 2 rings (SSSR count). The highest BCUT2D eigenvalue weighted by Crippen LogP contribution is 2.11. The van der Waals surface area contributed by atoms with E-state index < -0.39 is 0 Å². The number of nitrogens with one attached hydrogen (secondary N) is 1. The molecule has 0 bridgehead atoms. The van der Waals surface area contributed by atoms with Crippen molar-refractivity contribution in [2.24, 2.45) is 0 Å². The summed E-state index contributed by atoms with van der Waals surface area (Å²) < 4.78 is 0. The predicted octanol–water partition coefficient (Wildman–Crippen LogP) is -0.253. The van der Waals surface area contributed by atoms with Crippen molar-refractivity contribution in [3.8, 4) is 0 Å². The third-order valence-corrected chi connectivity index (χ3v) is 2.84. The Hall–Kier alpha value is -1.85. The minimum absolute atomic E-state index is 0.0576. The van der Waals surface area contributed by atoms with Gasteiger partial charge in [0.1, 0.15) is 11.6 Å². The number of aromatic amines is 1. The minimum Gasteiger partial charge on any atom is -0.347 e. The Morgan fingerprint density at radius 2 is 2.12 bits per heavy atom. The molecule has 1 aliphatic heterocycles. The van der Waals surface area contributed by atoms with Gasteiger partial charge in [-0.2, -0.15) is 0 Å². The van der Waals surface area contributed by atoms with Crippen molar-refractivity contribution in [2.75, 3.05) is 31.6 Å². The highest BCUT2D eigenvalue weighted by molar-refractivity contribution is 5.81. The summed E-state index contributed by atoms with van der Waals surface area (Å²) in [5, 5.41) is 0. The van der Waals surface area contributed by atoms with Crippen molar-refractivity contribution in [3.05, 3.63) is 22.2 Å². The molecule has 1 saturated heterocycles. The molecule has 0 spiro atoms. The average molecular weight is 236 g/mol. The van der Waals surface area contributed by atoms with Crippen LogP contribution in [0.4, 0.5) is 5.82 Å². The number of aryl methyl sites for hydroxylation is 1. The molecule has 92 valence electrons. The topological polar surface area (TPSA) is 69.3 Å². The molecule has 6 heteroatoms. The summed E-state index contributed by atoms with van der Waals surface area (Å²) >= 11 is 0. The standard InChI is InChI=1S/C11H16N4O2/c1-8-12-9(6-10(16)13-8)15-5-3-4-14(2)11(17)7-15/h6H,3-5,7H2,1-2H3,(H,12,13,16). The van der Waals surface area contributed by atoms with Gasteiger partial charge in [-0.25, -0.2) is 4.98 Å². The van der Waals surface area contributed by atoms with Gasteiger partial charge < -0.3 is 14.8 Å². The monoisotopic (exact) mass is 236 g/mol. The highest BCUT2D eigenvalue weighted by atomic mass is 16.2. The number of carbonyl (C=O) groups excluding carboxylic acids is 1. The summed E-state index contributed by atoms with van der Waals surface area (Å²) in [4.78, 5) is 33.5. The molecule has 0 atom stereocenters. The smallest absolute Gasteiger partial charge is 0.252 e. The number of amides is 1. The largest absolute Gasteiger partial charge is 0.347 e. The lowest BCUT2D eigenvalue weighted by molar-refractivity contribution is -0.127. The fourth-order valence-corrected chi connectivity index (χ4v) is 1.91. The number of hydrogen-bond acceptors (Lipinski definition) is 4. The van der Waals surface area contributed by atoms with Crippen LogP contribution in [0.3, 0.4) is 0 Å². The fourth-order valence-electron chi connectivity index (χ4n) is 1.91. The Kier molecular flexibility index (Phi) is 3.12. The average Bonchev–Trinajstić information content (AvgIpc) is 2.40. The van der Waals surface area contributed by atoms with E-state index in [1.165, 1.54) is 6.07 Å². The molecule has 1 aromatic rings. The molecule has 1 amide bonds. The van der Waals surface area contributed by atoms with Crippen LogP contribution in [0.2, 0.25) is 0 Å². The molecule has 1 N–H and O–H groups in total. The number of anilines is 1. The Morgan fingerprint density at radius 3 is 2.82 bits per heavy atom. The second-order valence-corrected chi connectivity index (χ2v) is 4.28. The van der Waals surface area contributed by atoms with Gasteiger partial charge >= 0.3 is 0 Å². The molecule has 1 aliphatic rings. The third kappa shape index (κ3) is 2.64. The van der Waals surface area contributed by atoms with Crippen LogP contribution in [0.1, 0.15) is 12.2 Å². The fraction of sp³-hybridized carbons (Fsp3) is 0.545. The maximum Gasteiger partial charge on any atom is 0.252 e. The van der Waals surface area contributed by atoms with Gasteiger partial charge in [0, 0.05) is 26.2 Å². The first kappa shape index (κ1) is 11.6. The Labute approximate surface area is 99.3 Å². The van der Waals surface area contributed by atoms with E-state index >= 15 is 0 Å². The first-order valence-electron chi connectivity index (χ1n) is 5.63. The zero-order valence-electron chi connectivity index (χ0n) is 10.1. The lowest BCUT2D eigenvalue weighted by Crippen LogP contribution is -2.35. The molecule has 0 radical (unpaired) electrons. The number of aromatic nitrogens is 2. The van der Waals surface area contributed by atoms with Gasteiger partial charge in [0.05, 0.1) is 6.54 Å². The van der Waals surface area contributed by atoms with E-state index in [1.54, 1.807) is 18.9 Å². The molecule has 6 nitrogen and oxygen atoms in total. The molecule has 0 unspecified atom stereocenters. The van der Waals surface area contributed by atoms with E-state index in [0.29, 0.717) is 11.6 Å². The van der Waals surface area contributed by atoms with E-state index in [0.717, 1.165) is 19.5 Å². The van der Waals surface area contributed by atoms with Crippen molar-refractivity contribution in [1.82, 2.24) is 14.9 Å². The maximum atomic E-state index is 11.7. The number of H-pyrrole nitrogens is 1. The molecule has 1 aromatic heterocycles. The van der Waals surface area contributed by atoms with Gasteiger partial charge in [0.15, 0.2) is 0 Å². The van der Waals surface area contributed by atoms with E-state index in [-0.39, 0.29) is 18.0 Å². The zero-order chi connectivity index (χ0) is 12.4. The van der Waals surface area contributed by atoms with E-state index in [4.69, 9.17) is 0 Å². The van der Waals surface area contributed by atoms with Crippen LogP contribution in [-0.4, -0.2) is 47.5 Å². The summed E-state index contributed by atoms with van der Waals surface area (Å²) in [6, 6.07) is 1.44. The van der Waals surface area contributed by atoms with Gasteiger partial charge in [-0.05, 0) is 13.3 Å². The number of likely N-dealkylation sites (N-methyl/N-ethyl adjacent to an activating group) is 1. The van der Waals surface area contributed by atoms with Crippen LogP contribution < -0.4 is 10.5 Å². The Morgan fingerprint density at radius 1 is 1.35 bits per heavy atom. The summed E-state index contributed by atoms with van der Waals surface area (Å²) in [5.74, 6) is 1.20. The van der Waals surface area contributed by atoms with E-state index in [9.17, 15) is 9.59 Å². The third-order valence-electron chi connectivity index (χ3n) is 2.84. The molecule has 0 saturated carbocycles. The quantitative estimate of drug-likeness (QED) is 0.730. The molecular formula is C11H16N4O2. The minimum atomic E-state index is -0.183. The second kappa shape index (κ2) is 4.57. The molecule has 1 fully saturated rings. The van der Waals surface area contributed by atoms with Crippen molar-refractivity contribution in [2.45, 2.75) is 13.3 Å². The number of carbonyl (C=O) groups is 1. The SMILES string of the molecule is Cc1nc(N2CCCN(C)C(=O)C2)cc(=O)[nH]1. The van der Waals surface area contributed by atoms with Crippen LogP contribution in [0.5, 0.6) is 0 Å². The first-order valence-corrected chi connectivity index (χ1v) is 5.63. The van der Waals surface area contributed by atoms with Crippen LogP contribution in [-0.2, 0) is 4.79 Å². The van der Waals surface area contributed by atoms with Crippen molar-refractivity contribution < 1.29 is 4.79 Å². The molecule has 2 heterocycles. The number of hydrogen-bond donors (Lipinski definition) is 1. The Bertz CT molecular complexity index is 483. The highest BCUT2D eigenvalue weighted by Gasteiger charge is 2.20. The molecule has 0 aliphatic carbocycles. The van der Waals surface area contributed by atoms with Crippen LogP contribution >= 0.6 is 0 Å². The van der Waals surface area contributed by atoms with E-state index in [2.05, 4.69) is 9.97 Å². The summed E-state index contributed by atoms with van der Waals surface area (Å²) in [5.41, 5.74) is -0.183. The summed E-state index contributed by atoms with van der Waals surface area (Å²) in [6.45, 7) is 3.51. The lowest BCUT2D eigenvalue weighted by Gasteiger charge is -2.20. The van der Waals surface area contributed by atoms with Crippen molar-refractivity contribution in [1.29, 1.82) is 0 Å². The van der Waals surface area contributed by atoms with Crippen molar-refractivity contribution in [3.63, 3.8) is 0 Å². The van der Waals surface area contributed by atoms with Crippen LogP contribution in [0, 0.1) is 6.92 Å². The molecular weight excluding hydrogens is 220 g/mol. The lowest BCUT2D eigenvalue weighted by atomic mass is 10.4. The van der Waals surface area contributed by atoms with Gasteiger partial charge in [-0.3, -0.25) is 9.59 Å². The van der Waals surface area contributed by atoms with E-state index in [1.807, 2.05) is 4.90 Å². The van der Waals surface area contributed by atoms with Crippen LogP contribution in [0.25, 0.3) is 0 Å². The number of rotatable bonds is 1. The van der Waals surface area contributed by atoms with Gasteiger partial charge in [-0.1, -0.05) is 0 Å². The van der Waals surface area contributed by atoms with Gasteiger partial charge in [0.25, 0.3) is 5.56 Å². The molecule has 0 aromatic carbocycles. The zero-order valence-corrected chi connectivity index (χ0v) is 10.1. The molecule has 17 heavy (non-hydrogen) atoms. The number of nitrogens with zero attached hydrogens (tertiary/aromatic N) is 3. The summed E-state index contributed by atoms with van der Waals surface area (Å²) in [7, 11) is 1.79. The summed E-state index contributed by atoms with van der Waals surface area (Å²) in [6.07, 6.45) is 0.885. The van der Waals surface area contributed by atoms with Crippen molar-refractivity contribution >= 4 is 11.7 Å². The van der Waals surface area contributed by atoms with Gasteiger partial charge in [-0.15, -0.1) is 0 Å². The normalized spacial score (nSPS) is 17.2. The van der Waals surface area contributed by atoms with Gasteiger partial charge in [0.2, 0.25) is 5.91 Å². The Balaban J connectivity index is 2.26. The van der Waals surface area contributed by atoms with Crippen LogP contribution in [0.15, 0.2) is 10.9 Å².